The molecule has 1 saturated carbocycles. The average molecular weight is 302 g/mol. The van der Waals surface area contributed by atoms with Crippen LogP contribution in [0.15, 0.2) is 36.4 Å². The highest BCUT2D eigenvalue weighted by Crippen LogP contribution is 2.36. The molecule has 0 aliphatic heterocycles. The Morgan fingerprint density at radius 1 is 1.05 bits per heavy atom. The summed E-state index contributed by atoms with van der Waals surface area (Å²) in [6, 6.07) is 9.37. The molecule has 0 unspecified atom stereocenters. The normalized spacial score (nSPS) is 22.3. The largest absolute Gasteiger partial charge is 0.251 e. The van der Waals surface area contributed by atoms with Gasteiger partial charge in [-0.05, 0) is 67.9 Å². The van der Waals surface area contributed by atoms with Gasteiger partial charge in [-0.3, -0.25) is 4.39 Å². The quantitative estimate of drug-likeness (QED) is 0.374. The van der Waals surface area contributed by atoms with Gasteiger partial charge < -0.3 is 0 Å². The maximum Gasteiger partial charge on any atom is 0.0928 e. The molecule has 0 amide bonds. The third-order valence-electron chi connectivity index (χ3n) is 4.98. The van der Waals surface area contributed by atoms with Crippen molar-refractivity contribution in [2.75, 3.05) is 6.67 Å². The summed E-state index contributed by atoms with van der Waals surface area (Å²) in [5, 5.41) is 0. The zero-order valence-corrected chi connectivity index (χ0v) is 14.1. The molecule has 0 atom stereocenters. The first kappa shape index (κ1) is 17.2. The molecule has 1 aliphatic carbocycles. The Bertz CT molecular complexity index is 424. The summed E-state index contributed by atoms with van der Waals surface area (Å²) in [4.78, 5) is 0. The highest BCUT2D eigenvalue weighted by molar-refractivity contribution is 5.26. The Balaban J connectivity index is 1.78. The van der Waals surface area contributed by atoms with Crippen LogP contribution in [0, 0.1) is 5.92 Å². The van der Waals surface area contributed by atoms with Crippen LogP contribution >= 0.6 is 0 Å². The molecule has 0 radical (unpaired) electrons. The van der Waals surface area contributed by atoms with Crippen LogP contribution in [0.1, 0.15) is 75.3 Å². The van der Waals surface area contributed by atoms with Crippen LogP contribution in [-0.4, -0.2) is 6.67 Å². The molecule has 0 spiro atoms. The van der Waals surface area contributed by atoms with Crippen molar-refractivity contribution in [3.8, 4) is 0 Å². The first-order valence-electron chi connectivity index (χ1n) is 9.15. The summed E-state index contributed by atoms with van der Waals surface area (Å²) in [7, 11) is 0. The molecule has 0 N–H and O–H groups in total. The van der Waals surface area contributed by atoms with Crippen LogP contribution in [0.25, 0.3) is 0 Å². The molecule has 0 aromatic heterocycles. The van der Waals surface area contributed by atoms with E-state index in [2.05, 4.69) is 37.3 Å². The Kier molecular flexibility index (Phi) is 7.70. The topological polar surface area (TPSA) is 0 Å². The molecule has 0 heterocycles. The van der Waals surface area contributed by atoms with Gasteiger partial charge >= 0.3 is 0 Å². The van der Waals surface area contributed by atoms with Crippen LogP contribution in [0.4, 0.5) is 4.39 Å². The van der Waals surface area contributed by atoms with E-state index in [1.165, 1.54) is 62.5 Å². The fourth-order valence-electron chi connectivity index (χ4n) is 3.53. The predicted octanol–water partition coefficient (Wildman–Crippen LogP) is 6.61. The first-order valence-corrected chi connectivity index (χ1v) is 9.15. The standard InChI is InChI=1S/C21H31F/c1-2-3-4-7-18-9-13-20(14-10-18)21-15-11-19(12-16-21)8-5-6-17-22/h5,8-10,13-14,19,21H,2-4,6-7,11-12,15-17H2,1H3/t19-,21-. The summed E-state index contributed by atoms with van der Waals surface area (Å²) in [5.74, 6) is 1.41. The van der Waals surface area contributed by atoms with Gasteiger partial charge in [0.25, 0.3) is 0 Å². The number of alkyl halides is 1. The maximum absolute atomic E-state index is 12.1. The van der Waals surface area contributed by atoms with Crippen LogP contribution in [-0.2, 0) is 6.42 Å². The van der Waals surface area contributed by atoms with E-state index < -0.39 is 0 Å². The molecule has 1 fully saturated rings. The molecule has 1 aromatic rings. The number of aryl methyl sites for hydroxylation is 1. The second-order valence-corrected chi connectivity index (χ2v) is 6.72. The van der Waals surface area contributed by atoms with E-state index in [-0.39, 0.29) is 6.67 Å². The molecule has 0 nitrogen and oxygen atoms in total. The first-order chi connectivity index (χ1) is 10.8. The number of unbranched alkanes of at least 4 members (excludes halogenated alkanes) is 2. The Hall–Kier alpha value is -1.11. The molecule has 0 bridgehead atoms. The van der Waals surface area contributed by atoms with Crippen molar-refractivity contribution >= 4 is 0 Å². The second-order valence-electron chi connectivity index (χ2n) is 6.72. The summed E-state index contributed by atoms with van der Waals surface area (Å²) >= 11 is 0. The molecule has 122 valence electrons. The Morgan fingerprint density at radius 2 is 1.77 bits per heavy atom. The van der Waals surface area contributed by atoms with E-state index in [0.717, 1.165) is 5.92 Å². The van der Waals surface area contributed by atoms with E-state index >= 15 is 0 Å². The number of rotatable bonds is 8. The van der Waals surface area contributed by atoms with Crippen molar-refractivity contribution in [3.05, 3.63) is 47.5 Å². The maximum atomic E-state index is 12.1. The second kappa shape index (κ2) is 9.82. The zero-order valence-electron chi connectivity index (χ0n) is 14.1. The Morgan fingerprint density at radius 3 is 2.41 bits per heavy atom. The molecule has 1 aromatic carbocycles. The monoisotopic (exact) mass is 302 g/mol. The Labute approximate surface area is 135 Å². The molecule has 1 aliphatic rings. The summed E-state index contributed by atoms with van der Waals surface area (Å²) in [5.41, 5.74) is 3.01. The van der Waals surface area contributed by atoms with Crippen molar-refractivity contribution < 1.29 is 4.39 Å². The van der Waals surface area contributed by atoms with Crippen molar-refractivity contribution in [1.82, 2.24) is 0 Å². The van der Waals surface area contributed by atoms with Gasteiger partial charge in [0.2, 0.25) is 0 Å². The van der Waals surface area contributed by atoms with Crippen molar-refractivity contribution in [2.24, 2.45) is 5.92 Å². The zero-order chi connectivity index (χ0) is 15.6. The van der Waals surface area contributed by atoms with E-state index in [0.29, 0.717) is 12.3 Å². The van der Waals surface area contributed by atoms with E-state index in [1.54, 1.807) is 0 Å². The van der Waals surface area contributed by atoms with Gasteiger partial charge in [0.1, 0.15) is 0 Å². The fraction of sp³-hybridized carbons (Fsp3) is 0.619. The molecule has 2 rings (SSSR count). The van der Waals surface area contributed by atoms with Gasteiger partial charge in [-0.1, -0.05) is 56.2 Å². The number of hydrogen-bond acceptors (Lipinski definition) is 0. The third kappa shape index (κ3) is 5.59. The minimum Gasteiger partial charge on any atom is -0.251 e. The SMILES string of the molecule is CCCCCc1ccc([C@H]2CC[C@H](C=CCCF)CC2)cc1. The number of hydrogen-bond donors (Lipinski definition) is 0. The minimum absolute atomic E-state index is 0.226. The van der Waals surface area contributed by atoms with Crippen molar-refractivity contribution in [1.29, 1.82) is 0 Å². The van der Waals surface area contributed by atoms with Gasteiger partial charge in [-0.25, -0.2) is 0 Å². The van der Waals surface area contributed by atoms with Gasteiger partial charge in [0, 0.05) is 0 Å². The van der Waals surface area contributed by atoms with Crippen LogP contribution < -0.4 is 0 Å². The fourth-order valence-corrected chi connectivity index (χ4v) is 3.53. The van der Waals surface area contributed by atoms with Crippen molar-refractivity contribution in [2.45, 2.75) is 70.6 Å². The van der Waals surface area contributed by atoms with E-state index in [1.807, 2.05) is 6.08 Å². The van der Waals surface area contributed by atoms with Gasteiger partial charge in [-0.2, -0.15) is 0 Å². The molecular weight excluding hydrogens is 271 g/mol. The lowest BCUT2D eigenvalue weighted by Crippen LogP contribution is -2.11. The number of halogens is 1. The number of allylic oxidation sites excluding steroid dienone is 2. The highest BCUT2D eigenvalue weighted by Gasteiger charge is 2.20. The van der Waals surface area contributed by atoms with Crippen LogP contribution in [0.5, 0.6) is 0 Å². The van der Waals surface area contributed by atoms with Crippen LogP contribution in [0.2, 0.25) is 0 Å². The highest BCUT2D eigenvalue weighted by atomic mass is 19.1. The molecule has 1 heteroatoms. The average Bonchev–Trinajstić information content (AvgIpc) is 2.57. The van der Waals surface area contributed by atoms with E-state index in [4.69, 9.17) is 0 Å². The van der Waals surface area contributed by atoms with Crippen molar-refractivity contribution in [3.63, 3.8) is 0 Å². The molecular formula is C21H31F. The van der Waals surface area contributed by atoms with Gasteiger partial charge in [0.15, 0.2) is 0 Å². The third-order valence-corrected chi connectivity index (χ3v) is 4.98. The molecule has 0 saturated heterocycles. The van der Waals surface area contributed by atoms with E-state index in [9.17, 15) is 4.39 Å². The van der Waals surface area contributed by atoms with Gasteiger partial charge in [-0.15, -0.1) is 0 Å². The predicted molar refractivity (Wildman–Crippen MR) is 94.1 cm³/mol. The summed E-state index contributed by atoms with van der Waals surface area (Å²) < 4.78 is 12.1. The van der Waals surface area contributed by atoms with Gasteiger partial charge in [0.05, 0.1) is 6.67 Å². The van der Waals surface area contributed by atoms with Crippen LogP contribution in [0.3, 0.4) is 0 Å². The lowest BCUT2D eigenvalue weighted by atomic mass is 9.78. The summed E-state index contributed by atoms with van der Waals surface area (Å²) in [6.45, 7) is 2.03. The molecule has 22 heavy (non-hydrogen) atoms. The lowest BCUT2D eigenvalue weighted by molar-refractivity contribution is 0.375. The smallest absolute Gasteiger partial charge is 0.0928 e. The lowest BCUT2D eigenvalue weighted by Gasteiger charge is -2.27. The number of benzene rings is 1. The summed E-state index contributed by atoms with van der Waals surface area (Å²) in [6.07, 6.45) is 15.1. The minimum atomic E-state index is -0.226.